The van der Waals surface area contributed by atoms with Gasteiger partial charge in [-0.1, -0.05) is 18.7 Å². The van der Waals surface area contributed by atoms with E-state index in [-0.39, 0.29) is 24.2 Å². The van der Waals surface area contributed by atoms with E-state index in [0.717, 1.165) is 53.2 Å². The van der Waals surface area contributed by atoms with E-state index < -0.39 is 17.9 Å². The van der Waals surface area contributed by atoms with Gasteiger partial charge < -0.3 is 33.7 Å². The summed E-state index contributed by atoms with van der Waals surface area (Å²) >= 11 is 0. The van der Waals surface area contributed by atoms with Crippen LogP contribution in [0.1, 0.15) is 65.7 Å². The molecule has 6 fully saturated rings. The first-order valence-electron chi connectivity index (χ1n) is 21.2. The summed E-state index contributed by atoms with van der Waals surface area (Å²) in [5.74, 6) is -0.546. The van der Waals surface area contributed by atoms with Gasteiger partial charge in [-0.3, -0.25) is 24.3 Å². The molecular weight excluding hydrogens is 761 g/mol. The number of nitrogens with zero attached hydrogens (tertiary/aromatic N) is 5. The molecule has 3 aliphatic heterocycles. The average molecular weight is 809 g/mol. The summed E-state index contributed by atoms with van der Waals surface area (Å²) in [5.41, 5.74) is 7.30. The van der Waals surface area contributed by atoms with Gasteiger partial charge >= 0.3 is 0 Å². The van der Waals surface area contributed by atoms with Gasteiger partial charge in [-0.25, -0.2) is 4.98 Å². The molecule has 4 saturated carbocycles. The van der Waals surface area contributed by atoms with Crippen molar-refractivity contribution in [2.24, 2.45) is 17.9 Å². The number of piperidine rings is 1. The van der Waals surface area contributed by atoms with Crippen LogP contribution in [0, 0.1) is 10.8 Å². The summed E-state index contributed by atoms with van der Waals surface area (Å²) in [4.78, 5) is 51.0. The maximum Gasteiger partial charge on any atom is 0.262 e. The quantitative estimate of drug-likeness (QED) is 0.102. The van der Waals surface area contributed by atoms with Crippen LogP contribution >= 0.6 is 0 Å². The minimum Gasteiger partial charge on any atom is -0.474 e. The highest BCUT2D eigenvalue weighted by atomic mass is 16.5. The van der Waals surface area contributed by atoms with Gasteiger partial charge in [-0.15, -0.1) is 0 Å². The number of anilines is 1. The number of amides is 3. The topological polar surface area (TPSA) is 137 Å². The van der Waals surface area contributed by atoms with E-state index in [1.165, 1.54) is 35.7 Å². The molecule has 7 aliphatic rings. The number of imide groups is 1. The summed E-state index contributed by atoms with van der Waals surface area (Å²) in [7, 11) is 2.09. The number of ether oxygens (including phenoxy) is 4. The number of aryl methyl sites for hydroxylation is 1. The van der Waals surface area contributed by atoms with Gasteiger partial charge in [0, 0.05) is 90.9 Å². The van der Waals surface area contributed by atoms with E-state index in [0.29, 0.717) is 72.7 Å². The first-order valence-corrected chi connectivity index (χ1v) is 21.2. The molecule has 0 spiro atoms. The molecule has 6 heterocycles. The molecule has 0 radical (unpaired) electrons. The lowest BCUT2D eigenvalue weighted by Gasteiger charge is -2.70. The van der Waals surface area contributed by atoms with E-state index in [2.05, 4.69) is 68.7 Å². The molecule has 1 unspecified atom stereocenters. The van der Waals surface area contributed by atoms with Crippen molar-refractivity contribution in [3.8, 4) is 17.0 Å². The van der Waals surface area contributed by atoms with Crippen molar-refractivity contribution >= 4 is 45.2 Å². The van der Waals surface area contributed by atoms with Crippen LogP contribution in [0.5, 0.6) is 5.88 Å². The standard InChI is InChI=1S/C47H48N6O7/c1-28-3-9-40(43(54)50-28)53-44(55)36-8-6-31(16-37(36)45(53)56)52-21-34(22-52)58-14-13-57-26-46-23-47(24-46,25-46)27-59-32-17-33(18-32)60-42-10-5-30(19-49-42)29-4-7-35-38-20-48-12-11-39(38)51(2)41(35)15-29/h4-8,10-12,15-16,19-20,32-34,40H,1,3,9,13-14,17-18,21-27H2,2H3,(H,50,54). The molecule has 2 aromatic carbocycles. The Labute approximate surface area is 347 Å². The number of aromatic nitrogens is 3. The average Bonchev–Trinajstić information content (AvgIpc) is 3.62. The van der Waals surface area contributed by atoms with E-state index >= 15 is 0 Å². The van der Waals surface area contributed by atoms with Gasteiger partial charge in [0.25, 0.3) is 11.8 Å². The molecule has 1 atom stereocenters. The highest BCUT2D eigenvalue weighted by Crippen LogP contribution is 2.73. The van der Waals surface area contributed by atoms with Gasteiger partial charge in [0.15, 0.2) is 0 Å². The van der Waals surface area contributed by atoms with Gasteiger partial charge in [-0.2, -0.15) is 0 Å². The van der Waals surface area contributed by atoms with Gasteiger partial charge in [0.2, 0.25) is 11.8 Å². The summed E-state index contributed by atoms with van der Waals surface area (Å²) in [6.07, 6.45) is 12.3. The number of carbonyl (C=O) groups excluding carboxylic acids is 3. The van der Waals surface area contributed by atoms with Crippen molar-refractivity contribution < 1.29 is 33.3 Å². The van der Waals surface area contributed by atoms with Crippen LogP contribution in [0.2, 0.25) is 0 Å². The van der Waals surface area contributed by atoms with E-state index in [1.54, 1.807) is 12.1 Å². The predicted octanol–water partition coefficient (Wildman–Crippen LogP) is 6.20. The monoisotopic (exact) mass is 808 g/mol. The Kier molecular flexibility index (Phi) is 8.87. The van der Waals surface area contributed by atoms with E-state index in [9.17, 15) is 14.4 Å². The number of benzene rings is 2. The molecule has 13 nitrogen and oxygen atoms in total. The van der Waals surface area contributed by atoms with Crippen LogP contribution in [0.3, 0.4) is 0 Å². The molecule has 60 heavy (non-hydrogen) atoms. The van der Waals surface area contributed by atoms with Crippen LogP contribution in [-0.2, 0) is 26.1 Å². The maximum absolute atomic E-state index is 13.2. The SMILES string of the molecule is C=C1CCC(N2C(=O)c3ccc(N4CC(OCCOCC56CC(COC7CC(Oc8ccc(-c9ccc%10c%11cnccc%11n(C)c%10c9)cn8)C7)(C5)C6)C4)cc3C2=O)C(=O)N1. The van der Waals surface area contributed by atoms with E-state index in [4.69, 9.17) is 18.9 Å². The zero-order valence-corrected chi connectivity index (χ0v) is 33.7. The maximum atomic E-state index is 13.2. The lowest BCUT2D eigenvalue weighted by Crippen LogP contribution is -2.66. The van der Waals surface area contributed by atoms with Gasteiger partial charge in [-0.05, 0) is 84.9 Å². The summed E-state index contributed by atoms with van der Waals surface area (Å²) < 4.78 is 26.9. The second-order valence-electron chi connectivity index (χ2n) is 18.1. The minimum absolute atomic E-state index is 0.0829. The Morgan fingerprint density at radius 3 is 2.40 bits per heavy atom. The Balaban J connectivity index is 0.561. The number of hydrogen-bond donors (Lipinski definition) is 1. The molecule has 3 amide bonds. The first-order chi connectivity index (χ1) is 29.1. The van der Waals surface area contributed by atoms with Crippen molar-refractivity contribution in [3.05, 3.63) is 96.6 Å². The molecule has 308 valence electrons. The van der Waals surface area contributed by atoms with Crippen LogP contribution in [0.4, 0.5) is 5.69 Å². The molecule has 1 N–H and O–H groups in total. The molecule has 12 rings (SSSR count). The van der Waals surface area contributed by atoms with Crippen LogP contribution in [0.15, 0.2) is 85.5 Å². The van der Waals surface area contributed by atoms with Gasteiger partial charge in [0.05, 0.1) is 55.3 Å². The smallest absolute Gasteiger partial charge is 0.262 e. The Hall–Kier alpha value is -5.63. The number of carbonyl (C=O) groups is 3. The highest BCUT2D eigenvalue weighted by Gasteiger charge is 2.67. The Morgan fingerprint density at radius 1 is 0.800 bits per heavy atom. The lowest BCUT2D eigenvalue weighted by molar-refractivity contribution is -0.264. The zero-order valence-electron chi connectivity index (χ0n) is 33.7. The molecule has 13 heteroatoms. The summed E-state index contributed by atoms with van der Waals surface area (Å²) in [6, 6.07) is 17.1. The molecular formula is C47H48N6O7. The third-order valence-corrected chi connectivity index (χ3v) is 13.8. The molecule has 2 saturated heterocycles. The largest absolute Gasteiger partial charge is 0.474 e. The molecule has 4 aliphatic carbocycles. The number of nitrogens with one attached hydrogen (secondary N) is 1. The number of fused-ring (bicyclic) bond motifs is 4. The number of allylic oxidation sites excluding steroid dienone is 1. The fourth-order valence-electron chi connectivity index (χ4n) is 10.7. The van der Waals surface area contributed by atoms with Crippen molar-refractivity contribution in [1.82, 2.24) is 24.8 Å². The number of rotatable bonds is 14. The predicted molar refractivity (Wildman–Crippen MR) is 224 cm³/mol. The second kappa shape index (κ2) is 14.2. The van der Waals surface area contributed by atoms with Crippen LogP contribution < -0.4 is 15.0 Å². The van der Waals surface area contributed by atoms with Crippen molar-refractivity contribution in [3.63, 3.8) is 0 Å². The molecule has 3 aromatic heterocycles. The normalized spacial score (nSPS) is 27.1. The second-order valence-corrected chi connectivity index (χ2v) is 18.1. The van der Waals surface area contributed by atoms with E-state index in [1.807, 2.05) is 30.7 Å². The van der Waals surface area contributed by atoms with Crippen LogP contribution in [0.25, 0.3) is 32.9 Å². The fraction of sp³-hybridized carbons (Fsp3) is 0.426. The Bertz CT molecular complexity index is 2550. The van der Waals surface area contributed by atoms with Crippen LogP contribution in [-0.4, -0.2) is 101 Å². The van der Waals surface area contributed by atoms with Gasteiger partial charge in [0.1, 0.15) is 12.1 Å². The third kappa shape index (κ3) is 6.36. The van der Waals surface area contributed by atoms with Crippen molar-refractivity contribution in [2.75, 3.05) is 44.4 Å². The molecule has 2 bridgehead atoms. The third-order valence-electron chi connectivity index (χ3n) is 13.8. The lowest BCUT2D eigenvalue weighted by atomic mass is 9.35. The molecule has 5 aromatic rings. The number of pyridine rings is 2. The summed E-state index contributed by atoms with van der Waals surface area (Å²) in [5, 5.41) is 5.03. The fourth-order valence-corrected chi connectivity index (χ4v) is 10.7. The Morgan fingerprint density at radius 2 is 1.60 bits per heavy atom. The first kappa shape index (κ1) is 37.4. The minimum atomic E-state index is -0.814. The zero-order chi connectivity index (χ0) is 40.8. The highest BCUT2D eigenvalue weighted by molar-refractivity contribution is 6.23. The van der Waals surface area contributed by atoms with Crippen molar-refractivity contribution in [1.29, 1.82) is 0 Å². The van der Waals surface area contributed by atoms with Crippen molar-refractivity contribution in [2.45, 2.75) is 69.3 Å². The number of hydrogen-bond acceptors (Lipinski definition) is 10. The summed E-state index contributed by atoms with van der Waals surface area (Å²) in [6.45, 7) is 7.88.